The Bertz CT molecular complexity index is 130. The van der Waals surface area contributed by atoms with Gasteiger partial charge in [0, 0.05) is 23.1 Å². The second-order valence-electron chi connectivity index (χ2n) is 3.43. The highest BCUT2D eigenvalue weighted by Gasteiger charge is 2.23. The lowest BCUT2D eigenvalue weighted by atomic mass is 10.2. The Morgan fingerprint density at radius 3 is 2.92 bits per heavy atom. The van der Waals surface area contributed by atoms with Crippen LogP contribution in [0.4, 0.5) is 0 Å². The van der Waals surface area contributed by atoms with Gasteiger partial charge in [-0.1, -0.05) is 13.8 Å². The standard InChI is InChI=1S/C9H19NS2/c1-7(11-3)6-10-9-4-5-12-8(9)2/h7-10H,4-6H2,1-3H3. The topological polar surface area (TPSA) is 12.0 Å². The van der Waals surface area contributed by atoms with E-state index in [-0.39, 0.29) is 0 Å². The largest absolute Gasteiger partial charge is 0.312 e. The SMILES string of the molecule is CSC(C)CNC1CCSC1C. The molecule has 3 atom stereocenters. The fourth-order valence-corrected chi connectivity index (χ4v) is 2.89. The molecule has 1 saturated heterocycles. The molecule has 0 aliphatic carbocycles. The van der Waals surface area contributed by atoms with Gasteiger partial charge in [-0.2, -0.15) is 23.5 Å². The van der Waals surface area contributed by atoms with Gasteiger partial charge in [0.25, 0.3) is 0 Å². The molecule has 0 aromatic carbocycles. The van der Waals surface area contributed by atoms with E-state index in [1.807, 2.05) is 11.8 Å². The molecule has 1 aliphatic rings. The number of thioether (sulfide) groups is 2. The highest BCUT2D eigenvalue weighted by Crippen LogP contribution is 2.26. The minimum atomic E-state index is 0.753. The van der Waals surface area contributed by atoms with Crippen molar-refractivity contribution < 1.29 is 0 Å². The summed E-state index contributed by atoms with van der Waals surface area (Å²) in [6.45, 7) is 5.78. The normalized spacial score (nSPS) is 32.2. The molecule has 0 aromatic heterocycles. The Morgan fingerprint density at radius 2 is 2.42 bits per heavy atom. The monoisotopic (exact) mass is 205 g/mol. The maximum Gasteiger partial charge on any atom is 0.0192 e. The molecule has 0 amide bonds. The Hall–Kier alpha value is 0.660. The van der Waals surface area contributed by atoms with Crippen LogP contribution in [0.15, 0.2) is 0 Å². The molecule has 0 radical (unpaired) electrons. The highest BCUT2D eigenvalue weighted by atomic mass is 32.2. The van der Waals surface area contributed by atoms with Crippen molar-refractivity contribution in [3.05, 3.63) is 0 Å². The van der Waals surface area contributed by atoms with Gasteiger partial charge in [-0.15, -0.1) is 0 Å². The van der Waals surface area contributed by atoms with Gasteiger partial charge in [-0.25, -0.2) is 0 Å². The minimum absolute atomic E-state index is 0.753. The van der Waals surface area contributed by atoms with Crippen LogP contribution in [0.5, 0.6) is 0 Å². The van der Waals surface area contributed by atoms with E-state index < -0.39 is 0 Å². The number of nitrogens with one attached hydrogen (secondary N) is 1. The van der Waals surface area contributed by atoms with E-state index in [2.05, 4.69) is 37.2 Å². The zero-order valence-corrected chi connectivity index (χ0v) is 9.80. The predicted molar refractivity (Wildman–Crippen MR) is 61.3 cm³/mol. The molecule has 72 valence electrons. The third kappa shape index (κ3) is 3.19. The maximum atomic E-state index is 3.64. The highest BCUT2D eigenvalue weighted by molar-refractivity contribution is 8.00. The van der Waals surface area contributed by atoms with Crippen molar-refractivity contribution in [2.75, 3.05) is 18.6 Å². The van der Waals surface area contributed by atoms with E-state index in [9.17, 15) is 0 Å². The molecular formula is C9H19NS2. The lowest BCUT2D eigenvalue weighted by Crippen LogP contribution is -2.36. The number of hydrogen-bond acceptors (Lipinski definition) is 3. The molecule has 0 saturated carbocycles. The second-order valence-corrected chi connectivity index (χ2v) is 6.19. The summed E-state index contributed by atoms with van der Waals surface area (Å²) in [6, 6.07) is 0.768. The van der Waals surface area contributed by atoms with Crippen LogP contribution in [-0.4, -0.2) is 35.1 Å². The summed E-state index contributed by atoms with van der Waals surface area (Å²) < 4.78 is 0. The maximum absolute atomic E-state index is 3.64. The van der Waals surface area contributed by atoms with Gasteiger partial charge in [-0.3, -0.25) is 0 Å². The third-order valence-electron chi connectivity index (χ3n) is 2.45. The Kier molecular flexibility index (Phi) is 4.84. The summed E-state index contributed by atoms with van der Waals surface area (Å²) in [5.74, 6) is 1.34. The summed E-state index contributed by atoms with van der Waals surface area (Å²) in [7, 11) is 0. The van der Waals surface area contributed by atoms with Crippen molar-refractivity contribution in [3.8, 4) is 0 Å². The third-order valence-corrected chi connectivity index (χ3v) is 4.74. The first-order valence-electron chi connectivity index (χ1n) is 4.62. The van der Waals surface area contributed by atoms with E-state index in [4.69, 9.17) is 0 Å². The molecule has 1 heterocycles. The average Bonchev–Trinajstić information content (AvgIpc) is 2.47. The number of rotatable bonds is 4. The molecule has 3 unspecified atom stereocenters. The van der Waals surface area contributed by atoms with Crippen LogP contribution >= 0.6 is 23.5 Å². The second kappa shape index (κ2) is 5.40. The van der Waals surface area contributed by atoms with Crippen LogP contribution in [0.1, 0.15) is 20.3 Å². The van der Waals surface area contributed by atoms with Gasteiger partial charge in [0.05, 0.1) is 0 Å². The molecule has 0 aromatic rings. The molecule has 1 nitrogen and oxygen atoms in total. The lowest BCUT2D eigenvalue weighted by molar-refractivity contribution is 0.516. The molecular weight excluding hydrogens is 186 g/mol. The molecule has 1 fully saturated rings. The van der Waals surface area contributed by atoms with E-state index in [1.54, 1.807) is 0 Å². The molecule has 3 heteroatoms. The molecule has 12 heavy (non-hydrogen) atoms. The Balaban J connectivity index is 2.13. The van der Waals surface area contributed by atoms with Crippen LogP contribution in [0.2, 0.25) is 0 Å². The first-order valence-corrected chi connectivity index (χ1v) is 6.95. The molecule has 0 bridgehead atoms. The van der Waals surface area contributed by atoms with E-state index >= 15 is 0 Å². The summed E-state index contributed by atoms with van der Waals surface area (Å²) in [6.07, 6.45) is 3.53. The molecule has 1 aliphatic heterocycles. The van der Waals surface area contributed by atoms with E-state index in [0.717, 1.165) is 23.1 Å². The van der Waals surface area contributed by atoms with Crippen LogP contribution in [0.3, 0.4) is 0 Å². The van der Waals surface area contributed by atoms with Gasteiger partial charge in [0.15, 0.2) is 0 Å². The van der Waals surface area contributed by atoms with Crippen molar-refractivity contribution in [2.45, 2.75) is 36.8 Å². The predicted octanol–water partition coefficient (Wildman–Crippen LogP) is 2.22. The summed E-state index contributed by atoms with van der Waals surface area (Å²) >= 11 is 4.04. The summed E-state index contributed by atoms with van der Waals surface area (Å²) in [5.41, 5.74) is 0. The van der Waals surface area contributed by atoms with Crippen molar-refractivity contribution >= 4 is 23.5 Å². The first kappa shape index (κ1) is 10.7. The first-order chi connectivity index (χ1) is 5.74. The minimum Gasteiger partial charge on any atom is -0.312 e. The molecule has 1 rings (SSSR count). The fraction of sp³-hybridized carbons (Fsp3) is 1.00. The lowest BCUT2D eigenvalue weighted by Gasteiger charge is -2.18. The smallest absolute Gasteiger partial charge is 0.0192 e. The zero-order valence-electron chi connectivity index (χ0n) is 8.17. The van der Waals surface area contributed by atoms with E-state index in [1.165, 1.54) is 12.2 Å². The van der Waals surface area contributed by atoms with Gasteiger partial charge in [0.2, 0.25) is 0 Å². The van der Waals surface area contributed by atoms with Gasteiger partial charge < -0.3 is 5.32 Å². The Labute approximate surface area is 84.4 Å². The van der Waals surface area contributed by atoms with Crippen molar-refractivity contribution in [1.29, 1.82) is 0 Å². The molecule has 0 spiro atoms. The van der Waals surface area contributed by atoms with Crippen LogP contribution in [-0.2, 0) is 0 Å². The van der Waals surface area contributed by atoms with Gasteiger partial charge in [0.1, 0.15) is 0 Å². The van der Waals surface area contributed by atoms with Crippen LogP contribution in [0, 0.1) is 0 Å². The summed E-state index contributed by atoms with van der Waals surface area (Å²) in [5, 5.41) is 5.21. The van der Waals surface area contributed by atoms with Gasteiger partial charge in [-0.05, 0) is 18.4 Å². The quantitative estimate of drug-likeness (QED) is 0.756. The van der Waals surface area contributed by atoms with Crippen LogP contribution < -0.4 is 5.32 Å². The van der Waals surface area contributed by atoms with Crippen LogP contribution in [0.25, 0.3) is 0 Å². The van der Waals surface area contributed by atoms with Crippen molar-refractivity contribution in [1.82, 2.24) is 5.32 Å². The van der Waals surface area contributed by atoms with Crippen molar-refractivity contribution in [2.24, 2.45) is 0 Å². The van der Waals surface area contributed by atoms with Crippen molar-refractivity contribution in [3.63, 3.8) is 0 Å². The van der Waals surface area contributed by atoms with E-state index in [0.29, 0.717) is 0 Å². The summed E-state index contributed by atoms with van der Waals surface area (Å²) in [4.78, 5) is 0. The molecule has 1 N–H and O–H groups in total. The Morgan fingerprint density at radius 1 is 1.67 bits per heavy atom. The fourth-order valence-electron chi connectivity index (χ4n) is 1.40. The number of hydrogen-bond donors (Lipinski definition) is 1. The zero-order chi connectivity index (χ0) is 8.97. The van der Waals surface area contributed by atoms with Gasteiger partial charge >= 0.3 is 0 Å². The average molecular weight is 205 g/mol.